The van der Waals surface area contributed by atoms with Crippen molar-refractivity contribution in [2.45, 2.75) is 49.1 Å². The van der Waals surface area contributed by atoms with Crippen molar-refractivity contribution in [2.75, 3.05) is 0 Å². The van der Waals surface area contributed by atoms with Gasteiger partial charge in [-0.3, -0.25) is 4.79 Å². The minimum atomic E-state index is -1.07. The molecule has 4 heteroatoms. The van der Waals surface area contributed by atoms with Crippen molar-refractivity contribution in [3.63, 3.8) is 0 Å². The van der Waals surface area contributed by atoms with Crippen LogP contribution in [0.25, 0.3) is 0 Å². The summed E-state index contributed by atoms with van der Waals surface area (Å²) in [6, 6.07) is 18.8. The van der Waals surface area contributed by atoms with Crippen molar-refractivity contribution >= 4 is 21.9 Å². The highest BCUT2D eigenvalue weighted by molar-refractivity contribution is 9.09. The molecule has 3 unspecified atom stereocenters. The van der Waals surface area contributed by atoms with Gasteiger partial charge in [0, 0.05) is 0 Å². The lowest BCUT2D eigenvalue weighted by Crippen LogP contribution is -2.51. The van der Waals surface area contributed by atoms with Gasteiger partial charge in [0.05, 0.1) is 16.8 Å². The standard InChI is InChI=1S/C21H23BrO3/c1-21(24)14-19(23)25-18(20(21)22)12-11-16-9-5-6-10-17(16)13-15-7-3-2-4-8-15/h2-10,18,20,24H,11-14H2,1H3. The summed E-state index contributed by atoms with van der Waals surface area (Å²) in [5, 5.41) is 10.4. The molecule has 3 nitrogen and oxygen atoms in total. The summed E-state index contributed by atoms with van der Waals surface area (Å²) in [6.07, 6.45) is 2.09. The molecule has 0 aliphatic carbocycles. The lowest BCUT2D eigenvalue weighted by molar-refractivity contribution is -0.166. The van der Waals surface area contributed by atoms with E-state index in [0.717, 1.165) is 12.8 Å². The summed E-state index contributed by atoms with van der Waals surface area (Å²) < 4.78 is 5.47. The quantitative estimate of drug-likeness (QED) is 0.606. The number of esters is 1. The van der Waals surface area contributed by atoms with Crippen LogP contribution in [0.3, 0.4) is 0 Å². The molecule has 0 radical (unpaired) electrons. The third kappa shape index (κ3) is 4.50. The SMILES string of the molecule is CC1(O)CC(=O)OC(CCc2ccccc2Cc2ccccc2)C1Br. The van der Waals surface area contributed by atoms with Gasteiger partial charge in [0.15, 0.2) is 0 Å². The van der Waals surface area contributed by atoms with Crippen molar-refractivity contribution in [3.8, 4) is 0 Å². The van der Waals surface area contributed by atoms with Crippen LogP contribution < -0.4 is 0 Å². The lowest BCUT2D eigenvalue weighted by atomic mass is 9.88. The molecule has 25 heavy (non-hydrogen) atoms. The largest absolute Gasteiger partial charge is 0.461 e. The zero-order valence-electron chi connectivity index (χ0n) is 14.3. The van der Waals surface area contributed by atoms with E-state index >= 15 is 0 Å². The second kappa shape index (κ2) is 7.71. The van der Waals surface area contributed by atoms with E-state index in [-0.39, 0.29) is 23.3 Å². The maximum Gasteiger partial charge on any atom is 0.309 e. The summed E-state index contributed by atoms with van der Waals surface area (Å²) >= 11 is 3.52. The molecule has 1 fully saturated rings. The molecule has 0 amide bonds. The molecule has 0 saturated carbocycles. The topological polar surface area (TPSA) is 46.5 Å². The fourth-order valence-electron chi connectivity index (χ4n) is 3.35. The van der Waals surface area contributed by atoms with Crippen LogP contribution in [0.2, 0.25) is 0 Å². The van der Waals surface area contributed by atoms with E-state index < -0.39 is 5.60 Å². The number of hydrogen-bond donors (Lipinski definition) is 1. The summed E-state index contributed by atoms with van der Waals surface area (Å²) in [7, 11) is 0. The van der Waals surface area contributed by atoms with Crippen molar-refractivity contribution in [1.29, 1.82) is 0 Å². The van der Waals surface area contributed by atoms with Gasteiger partial charge in [0.1, 0.15) is 6.10 Å². The molecule has 1 saturated heterocycles. The minimum absolute atomic E-state index is 0.0318. The highest BCUT2D eigenvalue weighted by Gasteiger charge is 2.44. The predicted molar refractivity (Wildman–Crippen MR) is 102 cm³/mol. The first kappa shape index (κ1) is 18.2. The Kier molecular flexibility index (Phi) is 5.60. The molecule has 1 aliphatic heterocycles. The number of benzene rings is 2. The van der Waals surface area contributed by atoms with Gasteiger partial charge in [0.25, 0.3) is 0 Å². The smallest absolute Gasteiger partial charge is 0.309 e. The van der Waals surface area contributed by atoms with E-state index in [1.807, 2.05) is 12.1 Å². The van der Waals surface area contributed by atoms with Crippen LogP contribution in [0.1, 0.15) is 36.5 Å². The van der Waals surface area contributed by atoms with Crippen LogP contribution in [-0.2, 0) is 22.4 Å². The highest BCUT2D eigenvalue weighted by Crippen LogP contribution is 2.33. The van der Waals surface area contributed by atoms with Gasteiger partial charge < -0.3 is 9.84 Å². The normalized spacial score (nSPS) is 26.3. The van der Waals surface area contributed by atoms with Gasteiger partial charge in [0.2, 0.25) is 0 Å². The number of hydrogen-bond acceptors (Lipinski definition) is 3. The van der Waals surface area contributed by atoms with E-state index in [1.165, 1.54) is 16.7 Å². The molecule has 132 valence electrons. The summed E-state index contributed by atoms with van der Waals surface area (Å²) in [5.41, 5.74) is 2.75. The maximum absolute atomic E-state index is 11.8. The number of aryl methyl sites for hydroxylation is 1. The Bertz CT molecular complexity index is 727. The minimum Gasteiger partial charge on any atom is -0.461 e. The molecule has 2 aromatic carbocycles. The molecule has 1 heterocycles. The summed E-state index contributed by atoms with van der Waals surface area (Å²) in [6.45, 7) is 1.68. The van der Waals surface area contributed by atoms with E-state index in [4.69, 9.17) is 4.74 Å². The molecule has 2 aromatic rings. The van der Waals surface area contributed by atoms with E-state index in [2.05, 4.69) is 58.4 Å². The van der Waals surface area contributed by atoms with E-state index in [0.29, 0.717) is 6.42 Å². The van der Waals surface area contributed by atoms with Crippen LogP contribution in [0.5, 0.6) is 0 Å². The van der Waals surface area contributed by atoms with E-state index in [1.54, 1.807) is 6.92 Å². The number of ether oxygens (including phenoxy) is 1. The first-order chi connectivity index (χ1) is 12.0. The molecule has 3 atom stereocenters. The van der Waals surface area contributed by atoms with Crippen LogP contribution in [0.15, 0.2) is 54.6 Å². The average molecular weight is 403 g/mol. The van der Waals surface area contributed by atoms with Gasteiger partial charge in [-0.1, -0.05) is 70.5 Å². The van der Waals surface area contributed by atoms with Crippen molar-refractivity contribution < 1.29 is 14.6 Å². The van der Waals surface area contributed by atoms with Crippen molar-refractivity contribution in [1.82, 2.24) is 0 Å². The Morgan fingerprint density at radius 3 is 2.48 bits per heavy atom. The third-order valence-electron chi connectivity index (χ3n) is 4.76. The van der Waals surface area contributed by atoms with Gasteiger partial charge >= 0.3 is 5.97 Å². The molecular weight excluding hydrogens is 380 g/mol. The van der Waals surface area contributed by atoms with Crippen LogP contribution in [0, 0.1) is 0 Å². The molecular formula is C21H23BrO3. The zero-order chi connectivity index (χ0) is 17.9. The Morgan fingerprint density at radius 1 is 1.12 bits per heavy atom. The van der Waals surface area contributed by atoms with Gasteiger partial charge in [-0.05, 0) is 42.9 Å². The van der Waals surface area contributed by atoms with Gasteiger partial charge in [-0.25, -0.2) is 0 Å². The zero-order valence-corrected chi connectivity index (χ0v) is 15.9. The molecule has 3 rings (SSSR count). The predicted octanol–water partition coefficient (Wildman–Crippen LogP) is 4.04. The number of rotatable bonds is 5. The fourth-order valence-corrected chi connectivity index (χ4v) is 3.89. The highest BCUT2D eigenvalue weighted by atomic mass is 79.9. The Morgan fingerprint density at radius 2 is 1.76 bits per heavy atom. The van der Waals surface area contributed by atoms with Gasteiger partial charge in [-0.15, -0.1) is 0 Å². The second-order valence-corrected chi connectivity index (χ2v) is 7.92. The molecule has 0 aromatic heterocycles. The van der Waals surface area contributed by atoms with Gasteiger partial charge in [-0.2, -0.15) is 0 Å². The van der Waals surface area contributed by atoms with Crippen LogP contribution in [0.4, 0.5) is 0 Å². The first-order valence-corrected chi connectivity index (χ1v) is 9.54. The monoisotopic (exact) mass is 402 g/mol. The Labute approximate surface area is 157 Å². The maximum atomic E-state index is 11.8. The number of aliphatic hydroxyl groups is 1. The van der Waals surface area contributed by atoms with Crippen molar-refractivity contribution in [2.24, 2.45) is 0 Å². The molecule has 1 aliphatic rings. The molecule has 1 N–H and O–H groups in total. The fraction of sp³-hybridized carbons (Fsp3) is 0.381. The molecule has 0 spiro atoms. The number of alkyl halides is 1. The number of carbonyl (C=O) groups is 1. The number of halogens is 1. The molecule has 0 bridgehead atoms. The number of cyclic esters (lactones) is 1. The summed E-state index contributed by atoms with van der Waals surface area (Å²) in [4.78, 5) is 11.5. The Balaban J connectivity index is 1.70. The van der Waals surface area contributed by atoms with Crippen LogP contribution in [-0.4, -0.2) is 27.6 Å². The first-order valence-electron chi connectivity index (χ1n) is 8.62. The number of carbonyl (C=O) groups excluding carboxylic acids is 1. The second-order valence-electron chi connectivity index (χ2n) is 6.93. The van der Waals surface area contributed by atoms with Crippen molar-refractivity contribution in [3.05, 3.63) is 71.3 Å². The average Bonchev–Trinajstić information content (AvgIpc) is 2.58. The van der Waals surface area contributed by atoms with Crippen LogP contribution >= 0.6 is 15.9 Å². The third-order valence-corrected chi connectivity index (χ3v) is 6.34. The Hall–Kier alpha value is -1.65. The van der Waals surface area contributed by atoms with E-state index in [9.17, 15) is 9.90 Å². The summed E-state index contributed by atoms with van der Waals surface area (Å²) in [5.74, 6) is -0.330. The lowest BCUT2D eigenvalue weighted by Gasteiger charge is -2.38.